The van der Waals surface area contributed by atoms with Crippen molar-refractivity contribution in [3.63, 3.8) is 0 Å². The number of benzene rings is 1. The van der Waals surface area contributed by atoms with Gasteiger partial charge in [-0.1, -0.05) is 12.1 Å². The molecule has 3 aromatic heterocycles. The third-order valence-corrected chi connectivity index (χ3v) is 4.21. The van der Waals surface area contributed by atoms with Crippen molar-refractivity contribution in [1.29, 1.82) is 0 Å². The molecule has 0 bridgehead atoms. The number of hydrogen-bond acceptors (Lipinski definition) is 5. The topological polar surface area (TPSA) is 72.3 Å². The van der Waals surface area contributed by atoms with Crippen LogP contribution >= 0.6 is 11.8 Å². The molecule has 1 N–H and O–H groups in total. The van der Waals surface area contributed by atoms with Crippen molar-refractivity contribution in [2.75, 3.05) is 0 Å². The second-order valence-corrected chi connectivity index (χ2v) is 5.73. The van der Waals surface area contributed by atoms with Crippen molar-refractivity contribution in [3.8, 4) is 0 Å². The Morgan fingerprint density at radius 1 is 1.19 bits per heavy atom. The zero-order chi connectivity index (χ0) is 14.4. The van der Waals surface area contributed by atoms with E-state index in [9.17, 15) is 0 Å². The minimum Gasteiger partial charge on any atom is -0.333 e. The Morgan fingerprint density at radius 2 is 2.05 bits per heavy atom. The van der Waals surface area contributed by atoms with Gasteiger partial charge >= 0.3 is 0 Å². The number of para-hydroxylation sites is 2. The second kappa shape index (κ2) is 4.56. The molecule has 21 heavy (non-hydrogen) atoms. The summed E-state index contributed by atoms with van der Waals surface area (Å²) in [5.74, 6) is 0. The van der Waals surface area contributed by atoms with Gasteiger partial charge < -0.3 is 4.98 Å². The lowest BCUT2D eigenvalue weighted by molar-refractivity contribution is 0.772. The van der Waals surface area contributed by atoms with Crippen LogP contribution in [0.2, 0.25) is 0 Å². The number of aromatic amines is 1. The highest BCUT2D eigenvalue weighted by Crippen LogP contribution is 2.31. The molecule has 0 amide bonds. The largest absolute Gasteiger partial charge is 0.333 e. The van der Waals surface area contributed by atoms with Crippen molar-refractivity contribution in [1.82, 2.24) is 29.7 Å². The van der Waals surface area contributed by atoms with E-state index in [4.69, 9.17) is 0 Å². The highest BCUT2D eigenvalue weighted by atomic mass is 32.2. The fourth-order valence-electron chi connectivity index (χ4n) is 2.39. The monoisotopic (exact) mass is 296 g/mol. The number of aromatic nitrogens is 6. The van der Waals surface area contributed by atoms with Gasteiger partial charge in [0.05, 0.1) is 22.1 Å². The van der Waals surface area contributed by atoms with Crippen molar-refractivity contribution in [3.05, 3.63) is 36.3 Å². The normalized spacial score (nSPS) is 11.5. The first-order valence-electron chi connectivity index (χ1n) is 6.49. The van der Waals surface area contributed by atoms with E-state index in [0.717, 1.165) is 37.9 Å². The lowest BCUT2D eigenvalue weighted by Gasteiger charge is -1.99. The smallest absolute Gasteiger partial charge is 0.172 e. The lowest BCUT2D eigenvalue weighted by Crippen LogP contribution is -1.92. The molecule has 0 fully saturated rings. The van der Waals surface area contributed by atoms with Gasteiger partial charge in [0.25, 0.3) is 0 Å². The average molecular weight is 296 g/mol. The summed E-state index contributed by atoms with van der Waals surface area (Å²) in [6.45, 7) is 1.97. The third kappa shape index (κ3) is 1.97. The number of H-pyrrole nitrogens is 1. The summed E-state index contributed by atoms with van der Waals surface area (Å²) in [7, 11) is 1.89. The van der Waals surface area contributed by atoms with Crippen LogP contribution < -0.4 is 0 Å². The van der Waals surface area contributed by atoms with Crippen LogP contribution in [0.3, 0.4) is 0 Å². The highest BCUT2D eigenvalue weighted by molar-refractivity contribution is 7.99. The van der Waals surface area contributed by atoms with Crippen LogP contribution in [0, 0.1) is 6.92 Å². The van der Waals surface area contributed by atoms with Crippen molar-refractivity contribution in [2.24, 2.45) is 7.05 Å². The van der Waals surface area contributed by atoms with Gasteiger partial charge in [-0.15, -0.1) is 0 Å². The molecule has 6 nitrogen and oxygen atoms in total. The van der Waals surface area contributed by atoms with Gasteiger partial charge in [-0.05, 0) is 30.8 Å². The molecule has 0 radical (unpaired) electrons. The standard InChI is InChI=1S/C14H12N6S/c1-8-11-12(20(2)19-8)15-7-16-13(11)21-14-17-9-5-3-4-6-10(9)18-14/h3-7H,1-2H3,(H,17,18). The summed E-state index contributed by atoms with van der Waals surface area (Å²) in [4.78, 5) is 16.5. The Kier molecular flexibility index (Phi) is 2.68. The number of rotatable bonds is 2. The Labute approximate surface area is 124 Å². The first-order valence-corrected chi connectivity index (χ1v) is 7.31. The highest BCUT2D eigenvalue weighted by Gasteiger charge is 2.14. The number of nitrogens with one attached hydrogen (secondary N) is 1. The predicted octanol–water partition coefficient (Wildman–Crippen LogP) is 2.70. The summed E-state index contributed by atoms with van der Waals surface area (Å²) in [6.07, 6.45) is 1.56. The van der Waals surface area contributed by atoms with Crippen molar-refractivity contribution < 1.29 is 0 Å². The van der Waals surface area contributed by atoms with E-state index < -0.39 is 0 Å². The van der Waals surface area contributed by atoms with E-state index in [1.807, 2.05) is 38.2 Å². The molecule has 104 valence electrons. The Bertz CT molecular complexity index is 922. The average Bonchev–Trinajstić information content (AvgIpc) is 3.00. The number of imidazole rings is 1. The van der Waals surface area contributed by atoms with E-state index in [1.165, 1.54) is 11.8 Å². The first kappa shape index (κ1) is 12.3. The zero-order valence-corrected chi connectivity index (χ0v) is 12.3. The van der Waals surface area contributed by atoms with Gasteiger partial charge in [0.1, 0.15) is 11.4 Å². The zero-order valence-electron chi connectivity index (χ0n) is 11.5. The van der Waals surface area contributed by atoms with Crippen LogP contribution in [0.15, 0.2) is 40.8 Å². The minimum atomic E-state index is 0.819. The summed E-state index contributed by atoms with van der Waals surface area (Å²) in [5.41, 5.74) is 3.73. The molecule has 4 rings (SSSR count). The van der Waals surface area contributed by atoms with Gasteiger partial charge in [0, 0.05) is 7.05 Å². The van der Waals surface area contributed by atoms with Crippen LogP contribution in [-0.4, -0.2) is 29.7 Å². The Balaban J connectivity index is 1.83. The molecule has 0 aliphatic heterocycles. The van der Waals surface area contributed by atoms with Gasteiger partial charge in [-0.25, -0.2) is 15.0 Å². The molecule has 7 heteroatoms. The van der Waals surface area contributed by atoms with Gasteiger partial charge in [-0.2, -0.15) is 5.10 Å². The SMILES string of the molecule is Cc1nn(C)c2ncnc(Sc3nc4ccccc4[nH]3)c12. The number of nitrogens with zero attached hydrogens (tertiary/aromatic N) is 5. The molecule has 0 aliphatic carbocycles. The minimum absolute atomic E-state index is 0.819. The van der Waals surface area contributed by atoms with Gasteiger partial charge in [-0.3, -0.25) is 4.68 Å². The summed E-state index contributed by atoms with van der Waals surface area (Å²) < 4.78 is 1.77. The molecule has 1 aromatic carbocycles. The molecule has 3 heterocycles. The van der Waals surface area contributed by atoms with Crippen molar-refractivity contribution in [2.45, 2.75) is 17.1 Å². The molecule has 0 saturated heterocycles. The number of hydrogen-bond donors (Lipinski definition) is 1. The quantitative estimate of drug-likeness (QED) is 0.576. The molecular formula is C14H12N6S. The van der Waals surface area contributed by atoms with Crippen molar-refractivity contribution >= 4 is 33.8 Å². The lowest BCUT2D eigenvalue weighted by atomic mass is 10.3. The maximum Gasteiger partial charge on any atom is 0.172 e. The number of fused-ring (bicyclic) bond motifs is 2. The van der Waals surface area contributed by atoms with E-state index in [-0.39, 0.29) is 0 Å². The summed E-state index contributed by atoms with van der Waals surface area (Å²) >= 11 is 1.50. The molecule has 0 aliphatic rings. The third-order valence-electron chi connectivity index (χ3n) is 3.32. The molecule has 0 saturated carbocycles. The summed E-state index contributed by atoms with van der Waals surface area (Å²) in [5, 5.41) is 7.07. The molecule has 4 aromatic rings. The molecule has 0 spiro atoms. The van der Waals surface area contributed by atoms with Crippen LogP contribution in [0.1, 0.15) is 5.69 Å². The van der Waals surface area contributed by atoms with E-state index in [0.29, 0.717) is 0 Å². The van der Waals surface area contributed by atoms with Gasteiger partial charge in [0.15, 0.2) is 10.8 Å². The maximum atomic E-state index is 4.57. The van der Waals surface area contributed by atoms with Crippen LogP contribution in [0.25, 0.3) is 22.1 Å². The second-order valence-electron chi connectivity index (χ2n) is 4.75. The number of aryl methyl sites for hydroxylation is 2. The van der Waals surface area contributed by atoms with Crippen LogP contribution in [0.5, 0.6) is 0 Å². The molecule has 0 atom stereocenters. The fraction of sp³-hybridized carbons (Fsp3) is 0.143. The van der Waals surface area contributed by atoms with Crippen LogP contribution in [-0.2, 0) is 7.05 Å². The van der Waals surface area contributed by atoms with E-state index in [2.05, 4.69) is 25.0 Å². The summed E-state index contributed by atoms with van der Waals surface area (Å²) in [6, 6.07) is 7.97. The fourth-order valence-corrected chi connectivity index (χ4v) is 3.32. The Morgan fingerprint density at radius 3 is 2.90 bits per heavy atom. The molecule has 0 unspecified atom stereocenters. The first-order chi connectivity index (χ1) is 10.2. The predicted molar refractivity (Wildman–Crippen MR) is 81.3 cm³/mol. The Hall–Kier alpha value is -2.41. The van der Waals surface area contributed by atoms with E-state index >= 15 is 0 Å². The van der Waals surface area contributed by atoms with Crippen LogP contribution in [0.4, 0.5) is 0 Å². The van der Waals surface area contributed by atoms with Gasteiger partial charge in [0.2, 0.25) is 0 Å². The molecular weight excluding hydrogens is 284 g/mol. The van der Waals surface area contributed by atoms with E-state index in [1.54, 1.807) is 11.0 Å². The maximum absolute atomic E-state index is 4.57.